The van der Waals surface area contributed by atoms with Gasteiger partial charge in [-0.05, 0) is 95.1 Å². The summed E-state index contributed by atoms with van der Waals surface area (Å²) in [7, 11) is -14.8. The van der Waals surface area contributed by atoms with Gasteiger partial charge >= 0.3 is 79.4 Å². The van der Waals surface area contributed by atoms with Crippen LogP contribution in [0.15, 0.2) is 163 Å². The fourth-order valence-corrected chi connectivity index (χ4v) is 11.6. The van der Waals surface area contributed by atoms with Gasteiger partial charge in [0.15, 0.2) is 23.0 Å². The summed E-state index contributed by atoms with van der Waals surface area (Å²) < 4.78 is 157. The summed E-state index contributed by atoms with van der Waals surface area (Å²) in [6.07, 6.45) is 0. The van der Waals surface area contributed by atoms with Gasteiger partial charge < -0.3 is 46.6 Å². The summed E-state index contributed by atoms with van der Waals surface area (Å²) in [4.78, 5) is -3.94. The van der Waals surface area contributed by atoms with Gasteiger partial charge in [0.25, 0.3) is 0 Å². The predicted molar refractivity (Wildman–Crippen MR) is 262 cm³/mol. The molecule has 8 aromatic rings. The number of rotatable bonds is 16. The molecule has 0 aromatic heterocycles. The van der Waals surface area contributed by atoms with Gasteiger partial charge in [-0.2, -0.15) is 27.1 Å². The Morgan fingerprint density at radius 1 is 0.421 bits per heavy atom. The van der Waals surface area contributed by atoms with E-state index in [0.717, 1.165) is 23.3 Å². The molecule has 0 aliphatic carbocycles. The van der Waals surface area contributed by atoms with Crippen LogP contribution in [-0.4, -0.2) is 81.4 Å². The fourth-order valence-electron chi connectivity index (χ4n) is 7.54. The van der Waals surface area contributed by atoms with Crippen molar-refractivity contribution in [1.29, 1.82) is 11.1 Å². The van der Waals surface area contributed by atoms with Gasteiger partial charge in [-0.15, -0.1) is 0 Å². The number of phenols is 2. The topological polar surface area (TPSA) is 351 Å². The van der Waals surface area contributed by atoms with Gasteiger partial charge in [-0.25, -0.2) is 27.9 Å². The summed E-state index contributed by atoms with van der Waals surface area (Å²) in [5.74, 6) is -0.237. The molecule has 0 fully saturated rings. The van der Waals surface area contributed by atoms with Crippen LogP contribution in [0.2, 0.25) is 0 Å². The number of hydrogen-bond donors (Lipinski definition) is 4. The molecule has 384 valence electrons. The molecule has 8 rings (SSSR count). The number of ether oxygens (including phenoxy) is 4. The van der Waals surface area contributed by atoms with Gasteiger partial charge in [0.1, 0.15) is 64.4 Å². The van der Waals surface area contributed by atoms with Crippen molar-refractivity contribution in [3.8, 4) is 68.2 Å². The van der Waals surface area contributed by atoms with E-state index in [2.05, 4.69) is 10.2 Å². The molecule has 0 radical (unpaired) electrons. The second kappa shape index (κ2) is 24.3. The van der Waals surface area contributed by atoms with Crippen LogP contribution in [0.5, 0.6) is 46.0 Å². The van der Waals surface area contributed by atoms with Crippen molar-refractivity contribution in [2.24, 2.45) is 10.2 Å². The number of phenolic OH excluding ortho intramolecular Hbond substituents is 2. The van der Waals surface area contributed by atoms with Crippen molar-refractivity contribution in [3.05, 3.63) is 133 Å². The molecule has 0 aliphatic rings. The first-order valence-corrected chi connectivity index (χ1v) is 26.4. The molecule has 0 spiro atoms. The molecule has 0 bridgehead atoms. The Balaban J connectivity index is 0.000000274. The molecule has 0 aliphatic heterocycles. The van der Waals surface area contributed by atoms with E-state index in [1.807, 2.05) is 12.1 Å². The quantitative estimate of drug-likeness (QED) is 0.0467. The molecule has 76 heavy (non-hydrogen) atoms. The summed E-state index contributed by atoms with van der Waals surface area (Å²) in [5.41, 5.74) is 15.8. The largest absolute Gasteiger partial charge is 1.00 e. The maximum Gasteiger partial charge on any atom is 1.00 e. The third-order valence-electron chi connectivity index (χ3n) is 10.9. The Hall–Kier alpha value is -6.40. The number of aromatic hydroxyl groups is 2. The van der Waals surface area contributed by atoms with Gasteiger partial charge in [0.05, 0.1) is 38.2 Å². The maximum absolute atomic E-state index is 13.5. The molecule has 0 amide bonds. The Bertz CT molecular complexity index is 3780. The van der Waals surface area contributed by atoms with Crippen molar-refractivity contribution >= 4 is 73.4 Å². The van der Waals surface area contributed by atoms with Crippen LogP contribution in [0.3, 0.4) is 0 Å². The average Bonchev–Trinajstić information content (AvgIpc) is 3.37. The first kappa shape index (κ1) is 60.5. The summed E-state index contributed by atoms with van der Waals surface area (Å²) in [6, 6.07) is 32.1. The van der Waals surface area contributed by atoms with E-state index in [4.69, 9.17) is 38.4 Å². The van der Waals surface area contributed by atoms with E-state index < -0.39 is 82.9 Å². The zero-order valence-corrected chi connectivity index (χ0v) is 47.9. The Morgan fingerprint density at radius 2 is 0.763 bits per heavy atom. The standard InChI is InChI=1S/2C24H20N2O9S2.2Na/c2*1-33-16-6-3-5-14(11-16)15-9-10-20(21(12-15)34-2)35-37(31,32)24-17-7-4-8-19(27)18(17)13-22(23(24)26-25)36(28,29)30;;/h2*3-13,25,27H,1-2H3,(H,28,29,30);;/q;;2*+1/p-2. The second-order valence-corrected chi connectivity index (χ2v) is 20.9. The van der Waals surface area contributed by atoms with E-state index in [9.17, 15) is 53.0 Å². The maximum atomic E-state index is 13.5. The van der Waals surface area contributed by atoms with E-state index in [1.165, 1.54) is 89.1 Å². The normalized spacial score (nSPS) is 11.4. The molecule has 28 heteroatoms. The van der Waals surface area contributed by atoms with Gasteiger partial charge in [-0.3, -0.25) is 0 Å². The van der Waals surface area contributed by atoms with Gasteiger partial charge in [-0.1, -0.05) is 60.7 Å². The molecule has 22 nitrogen and oxygen atoms in total. The average molecular weight is 1130 g/mol. The van der Waals surface area contributed by atoms with Crippen LogP contribution in [0, 0.1) is 11.1 Å². The van der Waals surface area contributed by atoms with E-state index in [0.29, 0.717) is 22.6 Å². The molecule has 8 aromatic carbocycles. The van der Waals surface area contributed by atoms with Crippen molar-refractivity contribution in [2.45, 2.75) is 19.6 Å². The van der Waals surface area contributed by atoms with Crippen molar-refractivity contribution in [3.63, 3.8) is 0 Å². The molecule has 0 heterocycles. The van der Waals surface area contributed by atoms with Crippen LogP contribution >= 0.6 is 0 Å². The minimum Gasteiger partial charge on any atom is -0.744 e. The predicted octanol–water partition coefficient (Wildman–Crippen LogP) is 3.14. The Kier molecular flexibility index (Phi) is 19.3. The summed E-state index contributed by atoms with van der Waals surface area (Å²) >= 11 is 0. The summed E-state index contributed by atoms with van der Waals surface area (Å²) in [5, 5.41) is 25.6. The van der Waals surface area contributed by atoms with Gasteiger partial charge in [0.2, 0.25) is 0 Å². The van der Waals surface area contributed by atoms with Gasteiger partial charge in [0, 0.05) is 21.5 Å². The zero-order valence-electron chi connectivity index (χ0n) is 40.7. The zero-order chi connectivity index (χ0) is 53.9. The second-order valence-electron chi connectivity index (χ2n) is 15.3. The molecular formula is C48H38N4Na2O18S4. The molecule has 0 saturated carbocycles. The third-order valence-corrected chi connectivity index (χ3v) is 15.2. The van der Waals surface area contributed by atoms with Crippen LogP contribution in [0.4, 0.5) is 11.4 Å². The minimum absolute atomic E-state index is 0. The number of nitrogens with one attached hydrogen (secondary N) is 2. The molecule has 0 atom stereocenters. The molecule has 0 saturated heterocycles. The number of fused-ring (bicyclic) bond motifs is 2. The molecule has 0 unspecified atom stereocenters. The molecule has 4 N–H and O–H groups in total. The Morgan fingerprint density at radius 3 is 1.08 bits per heavy atom. The van der Waals surface area contributed by atoms with E-state index >= 15 is 0 Å². The van der Waals surface area contributed by atoms with Crippen LogP contribution in [0.1, 0.15) is 0 Å². The monoisotopic (exact) mass is 1130 g/mol. The fraction of sp³-hybridized carbons (Fsp3) is 0.0833. The van der Waals surface area contributed by atoms with Crippen LogP contribution < -0.4 is 86.4 Å². The van der Waals surface area contributed by atoms with Crippen LogP contribution in [0.25, 0.3) is 43.8 Å². The first-order chi connectivity index (χ1) is 35.0. The van der Waals surface area contributed by atoms with Crippen molar-refractivity contribution < 1.29 is 139 Å². The van der Waals surface area contributed by atoms with Crippen molar-refractivity contribution in [1.82, 2.24) is 0 Å². The minimum atomic E-state index is -5.29. The number of nitrogens with zero attached hydrogens (tertiary/aromatic N) is 2. The number of benzene rings is 8. The molecular weight excluding hydrogens is 1090 g/mol. The van der Waals surface area contributed by atoms with Crippen LogP contribution in [-0.2, 0) is 40.5 Å². The van der Waals surface area contributed by atoms with E-state index in [-0.39, 0.29) is 104 Å². The number of methoxy groups -OCH3 is 4. The number of hydrogen-bond acceptors (Lipinski definition) is 22. The first-order valence-electron chi connectivity index (χ1n) is 20.8. The smallest absolute Gasteiger partial charge is 0.744 e. The van der Waals surface area contributed by atoms with Crippen molar-refractivity contribution in [2.75, 3.05) is 28.4 Å². The Labute approximate surface area is 479 Å². The SMILES string of the molecule is COc1cccc(-c2ccc(OS(=O)(=O)c3c(N=N)c(S(=O)(=O)[O-])cc4c(O)cccc34)c(OC)c2)c1.COc1cccc(-c2ccc(OS(=O)(=O)c3c(N=N)c(S(=O)(=O)[O-])cc4c(O)cccc34)c(OC)c2)c1.[Na+].[Na+]. The van der Waals surface area contributed by atoms with E-state index in [1.54, 1.807) is 48.5 Å². The summed E-state index contributed by atoms with van der Waals surface area (Å²) in [6.45, 7) is 0. The third kappa shape index (κ3) is 12.7.